The Balaban J connectivity index is 1.29. The third-order valence-electron chi connectivity index (χ3n) is 8.88. The first-order valence-corrected chi connectivity index (χ1v) is 16.7. The first-order valence-electron chi connectivity index (χ1n) is 15.9. The number of halogens is 1. The van der Waals surface area contributed by atoms with Gasteiger partial charge in [0.05, 0.1) is 25.4 Å². The summed E-state index contributed by atoms with van der Waals surface area (Å²) in [7, 11) is 0. The molecule has 5 aromatic rings. The Morgan fingerprint density at radius 3 is 2.04 bits per heavy atom. The van der Waals surface area contributed by atoms with Gasteiger partial charge in [0.15, 0.2) is 0 Å². The van der Waals surface area contributed by atoms with E-state index in [9.17, 15) is 4.39 Å². The summed E-state index contributed by atoms with van der Waals surface area (Å²) in [6.07, 6.45) is 1.07. The van der Waals surface area contributed by atoms with Gasteiger partial charge < -0.3 is 14.2 Å². The van der Waals surface area contributed by atoms with E-state index in [0.29, 0.717) is 13.2 Å². The van der Waals surface area contributed by atoms with Crippen molar-refractivity contribution in [2.45, 2.75) is 71.2 Å². The van der Waals surface area contributed by atoms with E-state index >= 15 is 0 Å². The molecule has 4 aromatic carbocycles. The molecule has 5 atom stereocenters. The molecule has 0 aliphatic carbocycles. The van der Waals surface area contributed by atoms with E-state index in [0.717, 1.165) is 40.0 Å². The van der Waals surface area contributed by atoms with Crippen molar-refractivity contribution in [3.8, 4) is 10.4 Å². The first-order chi connectivity index (χ1) is 22.0. The predicted octanol–water partition coefficient (Wildman–Crippen LogP) is 10.1. The van der Waals surface area contributed by atoms with E-state index < -0.39 is 0 Å². The smallest absolute Gasteiger partial charge is 0.123 e. The third-order valence-corrected chi connectivity index (χ3v) is 10.0. The Morgan fingerprint density at radius 1 is 0.756 bits per heavy atom. The molecule has 1 fully saturated rings. The van der Waals surface area contributed by atoms with Gasteiger partial charge in [-0.3, -0.25) is 0 Å². The fraction of sp³-hybridized carbons (Fsp3) is 0.300. The van der Waals surface area contributed by atoms with Gasteiger partial charge in [-0.2, -0.15) is 0 Å². The van der Waals surface area contributed by atoms with E-state index in [1.165, 1.54) is 28.1 Å². The molecule has 0 radical (unpaired) electrons. The topological polar surface area (TPSA) is 27.7 Å². The maximum atomic E-state index is 13.5. The number of hydrogen-bond acceptors (Lipinski definition) is 4. The van der Waals surface area contributed by atoms with Gasteiger partial charge >= 0.3 is 0 Å². The van der Waals surface area contributed by atoms with Gasteiger partial charge in [-0.05, 0) is 71.0 Å². The minimum absolute atomic E-state index is 0.0488. The Morgan fingerprint density at radius 2 is 1.40 bits per heavy atom. The molecule has 2 heterocycles. The zero-order chi connectivity index (χ0) is 31.2. The van der Waals surface area contributed by atoms with E-state index in [1.807, 2.05) is 36.4 Å². The fourth-order valence-corrected chi connectivity index (χ4v) is 7.30. The van der Waals surface area contributed by atoms with Crippen molar-refractivity contribution in [2.24, 2.45) is 5.92 Å². The van der Waals surface area contributed by atoms with Gasteiger partial charge in [0.1, 0.15) is 18.0 Å². The minimum Gasteiger partial charge on any atom is -0.370 e. The molecule has 1 aliphatic rings. The van der Waals surface area contributed by atoms with E-state index in [2.05, 4.69) is 87.5 Å². The molecule has 45 heavy (non-hydrogen) atoms. The van der Waals surface area contributed by atoms with Crippen molar-refractivity contribution in [3.05, 3.63) is 154 Å². The van der Waals surface area contributed by atoms with E-state index in [-0.39, 0.29) is 36.2 Å². The fourth-order valence-electron chi connectivity index (χ4n) is 6.26. The van der Waals surface area contributed by atoms with Crippen LogP contribution in [0.15, 0.2) is 115 Å². The highest BCUT2D eigenvalue weighted by atomic mass is 32.1. The summed E-state index contributed by atoms with van der Waals surface area (Å²) in [6, 6.07) is 38.4. The number of ether oxygens (including phenoxy) is 3. The summed E-state index contributed by atoms with van der Waals surface area (Å²) in [5, 5.41) is 0. The molecule has 1 aromatic heterocycles. The average Bonchev–Trinajstić information content (AvgIpc) is 3.54. The number of benzene rings is 4. The monoisotopic (exact) mass is 620 g/mol. The van der Waals surface area contributed by atoms with Crippen molar-refractivity contribution in [2.75, 3.05) is 0 Å². The lowest BCUT2D eigenvalue weighted by Gasteiger charge is -2.46. The van der Waals surface area contributed by atoms with Gasteiger partial charge in [0.2, 0.25) is 0 Å². The van der Waals surface area contributed by atoms with Gasteiger partial charge in [0, 0.05) is 22.1 Å². The van der Waals surface area contributed by atoms with Crippen molar-refractivity contribution in [3.63, 3.8) is 0 Å². The molecule has 232 valence electrons. The highest BCUT2D eigenvalue weighted by molar-refractivity contribution is 7.15. The van der Waals surface area contributed by atoms with Crippen LogP contribution in [0.2, 0.25) is 0 Å². The SMILES string of the molecule is CC[C@H]1O[C@H](c2ccc(C)c(Cc3ccc(-c4ccc(F)cc4)s3)c2)[C@H](OCc2ccccc2)[C@@H](OCc2ccccc2)[C@@H]1C. The van der Waals surface area contributed by atoms with Crippen LogP contribution in [0.25, 0.3) is 10.4 Å². The number of rotatable bonds is 11. The molecular weight excluding hydrogens is 580 g/mol. The van der Waals surface area contributed by atoms with Gasteiger partial charge in [-0.25, -0.2) is 4.39 Å². The lowest BCUT2D eigenvalue weighted by atomic mass is 9.83. The van der Waals surface area contributed by atoms with Gasteiger partial charge in [-0.15, -0.1) is 11.3 Å². The molecule has 6 rings (SSSR count). The van der Waals surface area contributed by atoms with Crippen molar-refractivity contribution in [1.29, 1.82) is 0 Å². The van der Waals surface area contributed by atoms with Crippen LogP contribution in [0.3, 0.4) is 0 Å². The molecule has 0 saturated carbocycles. The molecule has 0 unspecified atom stereocenters. The molecule has 5 heteroatoms. The predicted molar refractivity (Wildman–Crippen MR) is 181 cm³/mol. The lowest BCUT2D eigenvalue weighted by Crippen LogP contribution is -2.51. The van der Waals surface area contributed by atoms with Crippen LogP contribution in [0.1, 0.15) is 59.1 Å². The summed E-state index contributed by atoms with van der Waals surface area (Å²) in [4.78, 5) is 2.40. The van der Waals surface area contributed by atoms with Gasteiger partial charge in [-0.1, -0.05) is 105 Å². The molecule has 0 N–H and O–H groups in total. The highest BCUT2D eigenvalue weighted by Gasteiger charge is 2.45. The van der Waals surface area contributed by atoms with Crippen LogP contribution < -0.4 is 0 Å². The van der Waals surface area contributed by atoms with E-state index in [1.54, 1.807) is 11.3 Å². The van der Waals surface area contributed by atoms with Crippen molar-refractivity contribution < 1.29 is 18.6 Å². The highest BCUT2D eigenvalue weighted by Crippen LogP contribution is 2.41. The Bertz CT molecular complexity index is 1650. The van der Waals surface area contributed by atoms with Crippen LogP contribution in [-0.2, 0) is 33.8 Å². The second-order valence-corrected chi connectivity index (χ2v) is 13.2. The minimum atomic E-state index is -0.283. The second kappa shape index (κ2) is 14.7. The van der Waals surface area contributed by atoms with Crippen molar-refractivity contribution >= 4 is 11.3 Å². The van der Waals surface area contributed by atoms with Crippen LogP contribution in [0.4, 0.5) is 4.39 Å². The number of aryl methyl sites for hydroxylation is 1. The average molecular weight is 621 g/mol. The zero-order valence-corrected chi connectivity index (χ0v) is 27.0. The number of hydrogen-bond donors (Lipinski definition) is 0. The van der Waals surface area contributed by atoms with Crippen LogP contribution in [-0.4, -0.2) is 18.3 Å². The molecule has 0 amide bonds. The third kappa shape index (κ3) is 7.62. The number of thiophene rings is 1. The second-order valence-electron chi connectivity index (χ2n) is 12.0. The maximum absolute atomic E-state index is 13.5. The summed E-state index contributed by atoms with van der Waals surface area (Å²) in [6.45, 7) is 7.60. The summed E-state index contributed by atoms with van der Waals surface area (Å²) < 4.78 is 33.9. The van der Waals surface area contributed by atoms with Crippen LogP contribution in [0, 0.1) is 18.7 Å². The molecule has 0 spiro atoms. The normalized spacial score (nSPS) is 21.6. The Kier molecular flexibility index (Phi) is 10.2. The standard InChI is InChI=1S/C40H41FO3S/c1-4-36-28(3)38(42-25-29-11-7-5-8-12-29)40(43-26-30-13-9-6-10-14-30)39(44-36)32-16-15-27(2)33(23-32)24-35-21-22-37(45-35)31-17-19-34(41)20-18-31/h5-23,28,36,38-40H,4,24-26H2,1-3H3/t28-,36-,38+,39-,40-/m1/s1. The Hall–Kier alpha value is -3.61. The van der Waals surface area contributed by atoms with Crippen molar-refractivity contribution in [1.82, 2.24) is 0 Å². The quantitative estimate of drug-likeness (QED) is 0.147. The lowest BCUT2D eigenvalue weighted by molar-refractivity contribution is -0.234. The first kappa shape index (κ1) is 31.4. The van der Waals surface area contributed by atoms with Crippen LogP contribution in [0.5, 0.6) is 0 Å². The molecular formula is C40H41FO3S. The molecule has 3 nitrogen and oxygen atoms in total. The Labute approximate surface area is 270 Å². The zero-order valence-electron chi connectivity index (χ0n) is 26.2. The van der Waals surface area contributed by atoms with E-state index in [4.69, 9.17) is 14.2 Å². The van der Waals surface area contributed by atoms with Gasteiger partial charge in [0.25, 0.3) is 0 Å². The largest absolute Gasteiger partial charge is 0.370 e. The summed E-state index contributed by atoms with van der Waals surface area (Å²) in [5.41, 5.74) is 6.93. The van der Waals surface area contributed by atoms with Crippen LogP contribution >= 0.6 is 11.3 Å². The molecule has 1 saturated heterocycles. The molecule has 0 bridgehead atoms. The maximum Gasteiger partial charge on any atom is 0.123 e. The summed E-state index contributed by atoms with van der Waals surface area (Å²) in [5.74, 6) is -0.0528. The molecule has 1 aliphatic heterocycles. The summed E-state index contributed by atoms with van der Waals surface area (Å²) >= 11 is 1.75.